The van der Waals surface area contributed by atoms with E-state index in [1.165, 1.54) is 0 Å². The third-order valence-corrected chi connectivity index (χ3v) is 4.46. The highest BCUT2D eigenvalue weighted by Crippen LogP contribution is 2.28. The van der Waals surface area contributed by atoms with Crippen molar-refractivity contribution in [2.45, 2.75) is 26.7 Å². The Bertz CT molecular complexity index is 622. The molecular formula is C20H26O4. The first kappa shape index (κ1) is 18.0. The number of ether oxygens (including phenoxy) is 2. The SMILES string of the molecule is COc1cc(O)cc(CC(C)C(C)Cc2cc(O)cc(OC)c2)c1. The molecule has 2 unspecified atom stereocenters. The van der Waals surface area contributed by atoms with E-state index < -0.39 is 0 Å². The van der Waals surface area contributed by atoms with E-state index in [-0.39, 0.29) is 11.5 Å². The van der Waals surface area contributed by atoms with Crippen LogP contribution in [0.4, 0.5) is 0 Å². The summed E-state index contributed by atoms with van der Waals surface area (Å²) in [6.45, 7) is 4.39. The standard InChI is InChI=1S/C20H26O4/c1-13(5-15-7-17(21)11-19(9-15)23-3)14(2)6-16-8-18(22)12-20(10-16)24-4/h7-14,21-22H,5-6H2,1-4H3. The predicted octanol–water partition coefficient (Wildman–Crippen LogP) is 4.17. The van der Waals surface area contributed by atoms with Gasteiger partial charge in [-0.05, 0) is 60.1 Å². The van der Waals surface area contributed by atoms with Gasteiger partial charge in [0.05, 0.1) is 14.2 Å². The molecule has 24 heavy (non-hydrogen) atoms. The van der Waals surface area contributed by atoms with Crippen LogP contribution in [0.1, 0.15) is 25.0 Å². The largest absolute Gasteiger partial charge is 0.508 e. The van der Waals surface area contributed by atoms with Crippen LogP contribution < -0.4 is 9.47 Å². The molecule has 0 fully saturated rings. The summed E-state index contributed by atoms with van der Waals surface area (Å²) in [6.07, 6.45) is 1.70. The summed E-state index contributed by atoms with van der Waals surface area (Å²) in [5, 5.41) is 19.6. The Hall–Kier alpha value is -2.36. The zero-order valence-corrected chi connectivity index (χ0v) is 14.7. The summed E-state index contributed by atoms with van der Waals surface area (Å²) < 4.78 is 10.4. The molecule has 0 aliphatic rings. The van der Waals surface area contributed by atoms with Crippen LogP contribution in [0.5, 0.6) is 23.0 Å². The number of phenols is 2. The number of phenolic OH excluding ortho intramolecular Hbond substituents is 2. The minimum Gasteiger partial charge on any atom is -0.508 e. The smallest absolute Gasteiger partial charge is 0.122 e. The first-order valence-corrected chi connectivity index (χ1v) is 8.15. The lowest BCUT2D eigenvalue weighted by atomic mass is 9.85. The van der Waals surface area contributed by atoms with Crippen molar-refractivity contribution in [3.63, 3.8) is 0 Å². The molecule has 2 N–H and O–H groups in total. The summed E-state index contributed by atoms with van der Waals surface area (Å²) in [6, 6.07) is 10.7. The van der Waals surface area contributed by atoms with E-state index in [0.29, 0.717) is 23.3 Å². The first-order chi connectivity index (χ1) is 11.4. The average molecular weight is 330 g/mol. The monoisotopic (exact) mass is 330 g/mol. The average Bonchev–Trinajstić information content (AvgIpc) is 2.53. The minimum absolute atomic E-state index is 0.224. The van der Waals surface area contributed by atoms with Crippen LogP contribution in [0, 0.1) is 11.8 Å². The van der Waals surface area contributed by atoms with Gasteiger partial charge in [0, 0.05) is 12.1 Å². The van der Waals surface area contributed by atoms with Crippen molar-refractivity contribution in [2.24, 2.45) is 11.8 Å². The van der Waals surface area contributed by atoms with Crippen LogP contribution in [0.2, 0.25) is 0 Å². The normalized spacial score (nSPS) is 13.3. The molecule has 0 radical (unpaired) electrons. The van der Waals surface area contributed by atoms with E-state index in [4.69, 9.17) is 9.47 Å². The van der Waals surface area contributed by atoms with Gasteiger partial charge in [-0.2, -0.15) is 0 Å². The molecule has 2 atom stereocenters. The maximum Gasteiger partial charge on any atom is 0.122 e. The van der Waals surface area contributed by atoms with Gasteiger partial charge < -0.3 is 19.7 Å². The van der Waals surface area contributed by atoms with Crippen molar-refractivity contribution in [3.8, 4) is 23.0 Å². The second-order valence-corrected chi connectivity index (χ2v) is 6.44. The van der Waals surface area contributed by atoms with Gasteiger partial charge >= 0.3 is 0 Å². The van der Waals surface area contributed by atoms with Crippen molar-refractivity contribution < 1.29 is 19.7 Å². The molecule has 0 spiro atoms. The lowest BCUT2D eigenvalue weighted by Gasteiger charge is -2.21. The number of benzene rings is 2. The molecule has 2 aromatic rings. The van der Waals surface area contributed by atoms with Crippen LogP contribution in [0.25, 0.3) is 0 Å². The second-order valence-electron chi connectivity index (χ2n) is 6.44. The highest BCUT2D eigenvalue weighted by molar-refractivity contribution is 5.39. The number of hydrogen-bond donors (Lipinski definition) is 2. The Labute approximate surface area is 143 Å². The van der Waals surface area contributed by atoms with Crippen LogP contribution >= 0.6 is 0 Å². The van der Waals surface area contributed by atoms with E-state index >= 15 is 0 Å². The molecule has 0 amide bonds. The van der Waals surface area contributed by atoms with E-state index in [1.54, 1.807) is 38.5 Å². The van der Waals surface area contributed by atoms with Gasteiger partial charge in [-0.25, -0.2) is 0 Å². The molecule has 2 aromatic carbocycles. The maximum atomic E-state index is 9.78. The van der Waals surface area contributed by atoms with Crippen LogP contribution in [-0.2, 0) is 12.8 Å². The van der Waals surface area contributed by atoms with Crippen molar-refractivity contribution in [1.82, 2.24) is 0 Å². The van der Waals surface area contributed by atoms with Crippen molar-refractivity contribution in [1.29, 1.82) is 0 Å². The Morgan fingerprint density at radius 1 is 0.708 bits per heavy atom. The van der Waals surface area contributed by atoms with Crippen molar-refractivity contribution in [2.75, 3.05) is 14.2 Å². The molecular weight excluding hydrogens is 304 g/mol. The van der Waals surface area contributed by atoms with E-state index in [2.05, 4.69) is 13.8 Å². The molecule has 0 aliphatic carbocycles. The van der Waals surface area contributed by atoms with Crippen LogP contribution in [-0.4, -0.2) is 24.4 Å². The molecule has 0 bridgehead atoms. The van der Waals surface area contributed by atoms with E-state index in [9.17, 15) is 10.2 Å². The molecule has 4 heteroatoms. The van der Waals surface area contributed by atoms with Gasteiger partial charge in [0.1, 0.15) is 23.0 Å². The number of methoxy groups -OCH3 is 2. The molecule has 0 saturated heterocycles. The number of aromatic hydroxyl groups is 2. The van der Waals surface area contributed by atoms with E-state index in [0.717, 1.165) is 24.0 Å². The topological polar surface area (TPSA) is 58.9 Å². The summed E-state index contributed by atoms with van der Waals surface area (Å²) in [4.78, 5) is 0. The molecule has 4 nitrogen and oxygen atoms in total. The Balaban J connectivity index is 2.05. The molecule has 0 aliphatic heterocycles. The number of hydrogen-bond acceptors (Lipinski definition) is 4. The van der Waals surface area contributed by atoms with E-state index in [1.807, 2.05) is 12.1 Å². The summed E-state index contributed by atoms with van der Waals surface area (Å²) in [7, 11) is 3.19. The molecule has 0 heterocycles. The van der Waals surface area contributed by atoms with Gasteiger partial charge in [-0.3, -0.25) is 0 Å². The third-order valence-electron chi connectivity index (χ3n) is 4.46. The fraction of sp³-hybridized carbons (Fsp3) is 0.400. The van der Waals surface area contributed by atoms with Crippen molar-refractivity contribution in [3.05, 3.63) is 47.5 Å². The maximum absolute atomic E-state index is 9.78. The van der Waals surface area contributed by atoms with Gasteiger partial charge in [-0.1, -0.05) is 13.8 Å². The quantitative estimate of drug-likeness (QED) is 0.800. The van der Waals surface area contributed by atoms with Crippen molar-refractivity contribution >= 4 is 0 Å². The zero-order chi connectivity index (χ0) is 17.7. The molecule has 2 rings (SSSR count). The molecule has 130 valence electrons. The highest BCUT2D eigenvalue weighted by Gasteiger charge is 2.15. The Morgan fingerprint density at radius 3 is 1.42 bits per heavy atom. The summed E-state index contributed by atoms with van der Waals surface area (Å²) in [5.74, 6) is 2.60. The summed E-state index contributed by atoms with van der Waals surface area (Å²) in [5.41, 5.74) is 2.11. The zero-order valence-electron chi connectivity index (χ0n) is 14.7. The highest BCUT2D eigenvalue weighted by atomic mass is 16.5. The lowest BCUT2D eigenvalue weighted by molar-refractivity contribution is 0.375. The minimum atomic E-state index is 0.224. The van der Waals surface area contributed by atoms with Crippen LogP contribution in [0.15, 0.2) is 36.4 Å². The fourth-order valence-electron chi connectivity index (χ4n) is 2.90. The number of rotatable bonds is 7. The first-order valence-electron chi connectivity index (χ1n) is 8.15. The Kier molecular flexibility index (Phi) is 5.96. The van der Waals surface area contributed by atoms with Crippen LogP contribution in [0.3, 0.4) is 0 Å². The third kappa shape index (κ3) is 4.82. The van der Waals surface area contributed by atoms with Gasteiger partial charge in [0.2, 0.25) is 0 Å². The van der Waals surface area contributed by atoms with Gasteiger partial charge in [-0.15, -0.1) is 0 Å². The molecule has 0 saturated carbocycles. The van der Waals surface area contributed by atoms with Gasteiger partial charge in [0.15, 0.2) is 0 Å². The predicted molar refractivity (Wildman–Crippen MR) is 95.1 cm³/mol. The Morgan fingerprint density at radius 2 is 1.08 bits per heavy atom. The lowest BCUT2D eigenvalue weighted by Crippen LogP contribution is -2.13. The fourth-order valence-corrected chi connectivity index (χ4v) is 2.90. The second kappa shape index (κ2) is 7.95. The van der Waals surface area contributed by atoms with Gasteiger partial charge in [0.25, 0.3) is 0 Å². The summed E-state index contributed by atoms with van der Waals surface area (Å²) >= 11 is 0. The molecule has 0 aromatic heterocycles.